The van der Waals surface area contributed by atoms with Crippen molar-refractivity contribution in [2.75, 3.05) is 13.2 Å². The van der Waals surface area contributed by atoms with E-state index in [1.807, 2.05) is 0 Å². The number of carboxylic acids is 1. The van der Waals surface area contributed by atoms with E-state index in [4.69, 9.17) is 14.6 Å². The molecule has 2 aromatic carbocycles. The fraction of sp³-hybridized carbons (Fsp3) is 0.280. The van der Waals surface area contributed by atoms with Crippen LogP contribution in [0, 0.1) is 5.82 Å². The van der Waals surface area contributed by atoms with Crippen molar-refractivity contribution >= 4 is 28.3 Å². The van der Waals surface area contributed by atoms with E-state index in [1.54, 1.807) is 17.4 Å². The van der Waals surface area contributed by atoms with Gasteiger partial charge in [-0.1, -0.05) is 24.3 Å². The SMILES string of the molecule is Fc1ccc2nc(-c3ccc(-c4ccc(CNCC5CCCO5)cc4)s3)[nH]c2c1.O=C(O)C(F)(F)F. The Morgan fingerprint density at radius 2 is 1.86 bits per heavy atom. The van der Waals surface area contributed by atoms with Crippen molar-refractivity contribution in [3.05, 3.63) is 66.0 Å². The van der Waals surface area contributed by atoms with E-state index in [1.165, 1.54) is 34.6 Å². The standard InChI is InChI=1S/C23H22FN3OS.C2HF3O2/c24-17-7-8-19-20(12-17)27-23(26-19)22-10-9-21(29-22)16-5-3-15(4-6-16)13-25-14-18-2-1-11-28-18;3-2(4,5)1(6)7/h3-10,12,18,25H,1-2,11,13-14H2,(H,26,27);(H,6,7). The van der Waals surface area contributed by atoms with Crippen molar-refractivity contribution in [1.82, 2.24) is 15.3 Å². The molecule has 0 radical (unpaired) electrons. The number of aromatic nitrogens is 2. The van der Waals surface area contributed by atoms with Gasteiger partial charge < -0.3 is 20.1 Å². The zero-order valence-electron chi connectivity index (χ0n) is 18.9. The third-order valence-corrected chi connectivity index (χ3v) is 6.63. The summed E-state index contributed by atoms with van der Waals surface area (Å²) in [5.74, 6) is -2.24. The first kappa shape index (κ1) is 25.8. The van der Waals surface area contributed by atoms with Gasteiger partial charge in [0.2, 0.25) is 0 Å². The van der Waals surface area contributed by atoms with E-state index in [0.717, 1.165) is 47.9 Å². The van der Waals surface area contributed by atoms with Gasteiger partial charge in [-0.2, -0.15) is 13.2 Å². The molecule has 6 nitrogen and oxygen atoms in total. The number of fused-ring (bicyclic) bond motifs is 1. The number of nitrogens with zero attached hydrogens (tertiary/aromatic N) is 1. The van der Waals surface area contributed by atoms with E-state index >= 15 is 0 Å². The summed E-state index contributed by atoms with van der Waals surface area (Å²) in [5.41, 5.74) is 3.94. The Morgan fingerprint density at radius 3 is 2.53 bits per heavy atom. The summed E-state index contributed by atoms with van der Waals surface area (Å²) in [6.07, 6.45) is -2.38. The maximum atomic E-state index is 13.4. The van der Waals surface area contributed by atoms with Crippen LogP contribution in [0.25, 0.3) is 32.2 Å². The lowest BCUT2D eigenvalue weighted by Gasteiger charge is -2.10. The summed E-state index contributed by atoms with van der Waals surface area (Å²) in [4.78, 5) is 18.9. The van der Waals surface area contributed by atoms with E-state index in [-0.39, 0.29) is 5.82 Å². The van der Waals surface area contributed by atoms with Gasteiger partial charge in [0.05, 0.1) is 22.0 Å². The number of carboxylic acid groups (broad SMARTS) is 1. The number of hydrogen-bond acceptors (Lipinski definition) is 5. The van der Waals surface area contributed by atoms with Gasteiger partial charge in [0.1, 0.15) is 11.6 Å². The number of nitrogens with one attached hydrogen (secondary N) is 2. The number of hydrogen-bond donors (Lipinski definition) is 3. The summed E-state index contributed by atoms with van der Waals surface area (Å²) in [6.45, 7) is 2.66. The zero-order chi connectivity index (χ0) is 25.7. The van der Waals surface area contributed by atoms with Crippen molar-refractivity contribution in [2.45, 2.75) is 31.7 Å². The monoisotopic (exact) mass is 521 g/mol. The molecule has 1 aliphatic rings. The molecule has 2 aromatic heterocycles. The maximum absolute atomic E-state index is 13.4. The van der Waals surface area contributed by atoms with Crippen LogP contribution in [0.1, 0.15) is 18.4 Å². The van der Waals surface area contributed by atoms with Crippen molar-refractivity contribution < 1.29 is 32.2 Å². The lowest BCUT2D eigenvalue weighted by atomic mass is 10.1. The van der Waals surface area contributed by atoms with E-state index < -0.39 is 12.1 Å². The Labute approximate surface area is 207 Å². The lowest BCUT2D eigenvalue weighted by Crippen LogP contribution is -2.25. The number of halogens is 4. The predicted octanol–water partition coefficient (Wildman–Crippen LogP) is 6.00. The number of ether oxygens (including phenoxy) is 1. The van der Waals surface area contributed by atoms with Gasteiger partial charge in [-0.05, 0) is 54.3 Å². The molecule has 3 heterocycles. The second-order valence-corrected chi connectivity index (χ2v) is 9.26. The molecule has 4 aromatic rings. The number of benzene rings is 2. The molecule has 1 fully saturated rings. The van der Waals surface area contributed by atoms with Crippen LogP contribution in [0.2, 0.25) is 0 Å². The van der Waals surface area contributed by atoms with Crippen LogP contribution in [-0.2, 0) is 16.1 Å². The minimum Gasteiger partial charge on any atom is -0.475 e. The first-order valence-electron chi connectivity index (χ1n) is 11.2. The highest BCUT2D eigenvalue weighted by Crippen LogP contribution is 2.34. The molecule has 3 N–H and O–H groups in total. The Kier molecular flexibility index (Phi) is 8.02. The average Bonchev–Trinajstić information content (AvgIpc) is 3.60. The molecule has 1 saturated heterocycles. The Morgan fingerprint density at radius 1 is 1.14 bits per heavy atom. The highest BCUT2D eigenvalue weighted by atomic mass is 32.1. The third-order valence-electron chi connectivity index (χ3n) is 5.49. The highest BCUT2D eigenvalue weighted by Gasteiger charge is 2.38. The summed E-state index contributed by atoms with van der Waals surface area (Å²) in [5, 5.41) is 10.6. The third kappa shape index (κ3) is 6.68. The van der Waals surface area contributed by atoms with E-state index in [0.29, 0.717) is 6.10 Å². The topological polar surface area (TPSA) is 87.2 Å². The van der Waals surface area contributed by atoms with Gasteiger partial charge in [0.15, 0.2) is 0 Å². The summed E-state index contributed by atoms with van der Waals surface area (Å²) in [6, 6.07) is 17.4. The van der Waals surface area contributed by atoms with Crippen molar-refractivity contribution in [1.29, 1.82) is 0 Å². The Balaban J connectivity index is 0.000000384. The van der Waals surface area contributed by atoms with Gasteiger partial charge in [-0.25, -0.2) is 14.2 Å². The van der Waals surface area contributed by atoms with E-state index in [2.05, 4.69) is 51.7 Å². The smallest absolute Gasteiger partial charge is 0.475 e. The quantitative estimate of drug-likeness (QED) is 0.271. The van der Waals surface area contributed by atoms with Gasteiger partial charge in [-0.15, -0.1) is 11.3 Å². The minimum absolute atomic E-state index is 0.259. The molecule has 11 heteroatoms. The van der Waals surface area contributed by atoms with Crippen LogP contribution in [0.15, 0.2) is 54.6 Å². The van der Waals surface area contributed by atoms with Crippen LogP contribution in [-0.4, -0.2) is 46.5 Å². The molecular formula is C25H23F4N3O3S. The van der Waals surface area contributed by atoms with Gasteiger partial charge in [-0.3, -0.25) is 0 Å². The predicted molar refractivity (Wildman–Crippen MR) is 129 cm³/mol. The number of carbonyl (C=O) groups is 1. The molecular weight excluding hydrogens is 498 g/mol. The number of H-pyrrole nitrogens is 1. The largest absolute Gasteiger partial charge is 0.490 e. The molecule has 1 aliphatic heterocycles. The van der Waals surface area contributed by atoms with Crippen LogP contribution >= 0.6 is 11.3 Å². The van der Waals surface area contributed by atoms with Crippen molar-refractivity contribution in [3.8, 4) is 21.1 Å². The Hall–Kier alpha value is -3.28. The normalized spacial score (nSPS) is 15.6. The number of aliphatic carboxylic acids is 1. The molecule has 0 bridgehead atoms. The minimum atomic E-state index is -5.08. The van der Waals surface area contributed by atoms with Crippen molar-refractivity contribution in [2.24, 2.45) is 0 Å². The first-order chi connectivity index (χ1) is 17.2. The second kappa shape index (κ2) is 11.2. The van der Waals surface area contributed by atoms with Gasteiger partial charge >= 0.3 is 12.1 Å². The Bertz CT molecular complexity index is 1310. The summed E-state index contributed by atoms with van der Waals surface area (Å²) < 4.78 is 50.8. The van der Waals surface area contributed by atoms with Crippen LogP contribution in [0.5, 0.6) is 0 Å². The molecule has 0 spiro atoms. The van der Waals surface area contributed by atoms with Gasteiger partial charge in [0, 0.05) is 24.6 Å². The van der Waals surface area contributed by atoms with Gasteiger partial charge in [0.25, 0.3) is 0 Å². The first-order valence-corrected chi connectivity index (χ1v) is 12.0. The highest BCUT2D eigenvalue weighted by molar-refractivity contribution is 7.18. The van der Waals surface area contributed by atoms with Crippen LogP contribution < -0.4 is 5.32 Å². The molecule has 0 saturated carbocycles. The lowest BCUT2D eigenvalue weighted by molar-refractivity contribution is -0.192. The zero-order valence-corrected chi connectivity index (χ0v) is 19.8. The fourth-order valence-electron chi connectivity index (χ4n) is 3.69. The molecule has 190 valence electrons. The van der Waals surface area contributed by atoms with Crippen molar-refractivity contribution in [3.63, 3.8) is 0 Å². The molecule has 0 amide bonds. The number of alkyl halides is 3. The second-order valence-electron chi connectivity index (χ2n) is 8.18. The molecule has 1 unspecified atom stereocenters. The molecule has 1 atom stereocenters. The van der Waals surface area contributed by atoms with E-state index in [9.17, 15) is 17.6 Å². The molecule has 0 aliphatic carbocycles. The summed E-state index contributed by atoms with van der Waals surface area (Å²) >= 11 is 1.68. The van der Waals surface area contributed by atoms with Crippen LogP contribution in [0.3, 0.4) is 0 Å². The number of rotatable bonds is 6. The number of thiophene rings is 1. The fourth-order valence-corrected chi connectivity index (χ4v) is 4.64. The number of imidazole rings is 1. The number of aromatic amines is 1. The average molecular weight is 522 g/mol. The van der Waals surface area contributed by atoms with Crippen LogP contribution in [0.4, 0.5) is 17.6 Å². The molecule has 36 heavy (non-hydrogen) atoms. The summed E-state index contributed by atoms with van der Waals surface area (Å²) in [7, 11) is 0. The maximum Gasteiger partial charge on any atom is 0.490 e. The molecule has 5 rings (SSSR count).